The van der Waals surface area contributed by atoms with Gasteiger partial charge in [-0.3, -0.25) is 19.2 Å². The second-order valence-corrected chi connectivity index (χ2v) is 5.55. The number of carbonyl (C=O) groups excluding carboxylic acids is 1. The van der Waals surface area contributed by atoms with Crippen molar-refractivity contribution in [3.05, 3.63) is 18.0 Å². The van der Waals surface area contributed by atoms with Gasteiger partial charge in [-0.2, -0.15) is 5.10 Å². The predicted molar refractivity (Wildman–Crippen MR) is 76.7 cm³/mol. The first-order valence-corrected chi connectivity index (χ1v) is 7.20. The molecule has 116 valence electrons. The van der Waals surface area contributed by atoms with Gasteiger partial charge in [0.05, 0.1) is 19.2 Å². The topological polar surface area (TPSA) is 87.5 Å². The molecule has 1 aromatic rings. The largest absolute Gasteiger partial charge is 0.480 e. The summed E-state index contributed by atoms with van der Waals surface area (Å²) in [6.07, 6.45) is 5.49. The van der Waals surface area contributed by atoms with Gasteiger partial charge in [0, 0.05) is 25.3 Å². The summed E-state index contributed by atoms with van der Waals surface area (Å²) in [6, 6.07) is 0.414. The molecular formula is C14H22N4O3. The molecular weight excluding hydrogens is 272 g/mol. The summed E-state index contributed by atoms with van der Waals surface area (Å²) < 4.78 is 1.67. The first-order chi connectivity index (χ1) is 9.97. The molecule has 7 nitrogen and oxygen atoms in total. The highest BCUT2D eigenvalue weighted by molar-refractivity contribution is 5.78. The van der Waals surface area contributed by atoms with Crippen molar-refractivity contribution >= 4 is 11.9 Å². The molecule has 0 aliphatic heterocycles. The predicted octanol–water partition coefficient (Wildman–Crippen LogP) is 0.0163. The molecule has 21 heavy (non-hydrogen) atoms. The van der Waals surface area contributed by atoms with E-state index in [1.165, 1.54) is 0 Å². The molecule has 2 N–H and O–H groups in total. The molecule has 1 aliphatic rings. The number of hydrogen-bond acceptors (Lipinski definition) is 4. The van der Waals surface area contributed by atoms with Gasteiger partial charge in [-0.25, -0.2) is 0 Å². The highest BCUT2D eigenvalue weighted by Crippen LogP contribution is 2.25. The minimum Gasteiger partial charge on any atom is -0.480 e. The number of aromatic nitrogens is 2. The number of aryl methyl sites for hydroxylation is 1. The van der Waals surface area contributed by atoms with E-state index in [9.17, 15) is 9.59 Å². The fourth-order valence-electron chi connectivity index (χ4n) is 2.70. The van der Waals surface area contributed by atoms with E-state index >= 15 is 0 Å². The van der Waals surface area contributed by atoms with Crippen molar-refractivity contribution in [1.29, 1.82) is 0 Å². The van der Waals surface area contributed by atoms with E-state index < -0.39 is 5.97 Å². The van der Waals surface area contributed by atoms with E-state index in [0.29, 0.717) is 13.0 Å². The Kier molecular flexibility index (Phi) is 4.95. The zero-order valence-corrected chi connectivity index (χ0v) is 12.5. The maximum Gasteiger partial charge on any atom is 0.317 e. The normalized spacial score (nSPS) is 21.1. The summed E-state index contributed by atoms with van der Waals surface area (Å²) in [7, 11) is 1.82. The van der Waals surface area contributed by atoms with E-state index in [1.54, 1.807) is 10.9 Å². The van der Waals surface area contributed by atoms with Gasteiger partial charge in [-0.15, -0.1) is 0 Å². The van der Waals surface area contributed by atoms with Crippen molar-refractivity contribution < 1.29 is 14.7 Å². The lowest BCUT2D eigenvalue weighted by Crippen LogP contribution is -2.55. The average molecular weight is 294 g/mol. The van der Waals surface area contributed by atoms with Crippen LogP contribution in [0, 0.1) is 0 Å². The molecule has 0 atom stereocenters. The first kappa shape index (κ1) is 15.5. The van der Waals surface area contributed by atoms with Crippen LogP contribution in [0.5, 0.6) is 0 Å². The van der Waals surface area contributed by atoms with Crippen molar-refractivity contribution in [1.82, 2.24) is 20.0 Å². The minimum absolute atomic E-state index is 0.00673. The number of likely N-dealkylation sites (N-methyl/N-ethyl adjacent to an activating group) is 1. The van der Waals surface area contributed by atoms with Crippen LogP contribution >= 0.6 is 0 Å². The summed E-state index contributed by atoms with van der Waals surface area (Å²) in [4.78, 5) is 24.6. The van der Waals surface area contributed by atoms with Gasteiger partial charge in [0.2, 0.25) is 5.91 Å². The van der Waals surface area contributed by atoms with E-state index in [2.05, 4.69) is 10.4 Å². The van der Waals surface area contributed by atoms with E-state index in [1.807, 2.05) is 25.1 Å². The average Bonchev–Trinajstić information content (AvgIpc) is 2.76. The van der Waals surface area contributed by atoms with Gasteiger partial charge in [-0.1, -0.05) is 6.92 Å². The number of carboxylic acid groups (broad SMARTS) is 1. The highest BCUT2D eigenvalue weighted by atomic mass is 16.4. The molecule has 1 heterocycles. The summed E-state index contributed by atoms with van der Waals surface area (Å²) >= 11 is 0. The quantitative estimate of drug-likeness (QED) is 0.740. The van der Waals surface area contributed by atoms with Gasteiger partial charge in [0.15, 0.2) is 0 Å². The molecule has 1 aliphatic carbocycles. The molecule has 0 radical (unpaired) electrons. The number of carboxylic acids is 1. The maximum absolute atomic E-state index is 11.9. The zero-order chi connectivity index (χ0) is 15.4. The fourth-order valence-corrected chi connectivity index (χ4v) is 2.70. The Morgan fingerprint density at radius 3 is 2.76 bits per heavy atom. The lowest BCUT2D eigenvalue weighted by Gasteiger charge is -2.42. The van der Waals surface area contributed by atoms with Gasteiger partial charge in [0.25, 0.3) is 0 Å². The van der Waals surface area contributed by atoms with Crippen molar-refractivity contribution in [2.75, 3.05) is 13.1 Å². The van der Waals surface area contributed by atoms with Gasteiger partial charge < -0.3 is 10.4 Å². The molecule has 0 saturated heterocycles. The van der Waals surface area contributed by atoms with Crippen LogP contribution in [0.25, 0.3) is 0 Å². The number of rotatable bonds is 7. The summed E-state index contributed by atoms with van der Waals surface area (Å²) in [5, 5.41) is 15.9. The van der Waals surface area contributed by atoms with Crippen molar-refractivity contribution in [3.8, 4) is 0 Å². The maximum atomic E-state index is 11.9. The van der Waals surface area contributed by atoms with E-state index in [-0.39, 0.29) is 24.5 Å². The van der Waals surface area contributed by atoms with Crippen molar-refractivity contribution in [2.45, 2.75) is 38.3 Å². The molecule has 0 unspecified atom stereocenters. The second-order valence-electron chi connectivity index (χ2n) is 5.55. The monoisotopic (exact) mass is 294 g/mol. The Bertz CT molecular complexity index is 508. The Labute approximate surface area is 123 Å². The van der Waals surface area contributed by atoms with Crippen LogP contribution in [-0.2, 0) is 23.1 Å². The van der Waals surface area contributed by atoms with Gasteiger partial charge in [0.1, 0.15) is 0 Å². The molecule has 1 saturated carbocycles. The first-order valence-electron chi connectivity index (χ1n) is 7.20. The molecule has 0 aromatic carbocycles. The highest BCUT2D eigenvalue weighted by Gasteiger charge is 2.34. The van der Waals surface area contributed by atoms with Crippen LogP contribution in [0.2, 0.25) is 0 Å². The van der Waals surface area contributed by atoms with E-state index in [4.69, 9.17) is 5.11 Å². The molecule has 0 spiro atoms. The van der Waals surface area contributed by atoms with Crippen LogP contribution in [0.1, 0.15) is 25.3 Å². The smallest absolute Gasteiger partial charge is 0.317 e. The second kappa shape index (κ2) is 6.71. The number of aliphatic carboxylic acids is 1. The minimum atomic E-state index is -0.805. The third kappa shape index (κ3) is 4.29. The lowest BCUT2D eigenvalue weighted by atomic mass is 9.85. The Balaban J connectivity index is 1.72. The molecule has 2 rings (SSSR count). The van der Waals surface area contributed by atoms with Crippen LogP contribution in [-0.4, -0.2) is 56.8 Å². The SMILES string of the molecule is CCN(CC(=O)O)C1CC(NC(=O)Cc2cnn(C)c2)C1. The van der Waals surface area contributed by atoms with Crippen molar-refractivity contribution in [3.63, 3.8) is 0 Å². The lowest BCUT2D eigenvalue weighted by molar-refractivity contribution is -0.139. The molecule has 1 amide bonds. The molecule has 1 aromatic heterocycles. The van der Waals surface area contributed by atoms with Crippen LogP contribution in [0.3, 0.4) is 0 Å². The Morgan fingerprint density at radius 1 is 1.52 bits per heavy atom. The van der Waals surface area contributed by atoms with Gasteiger partial charge >= 0.3 is 5.97 Å². The number of nitrogens with one attached hydrogen (secondary N) is 1. The molecule has 1 fully saturated rings. The molecule has 0 bridgehead atoms. The van der Waals surface area contributed by atoms with Crippen molar-refractivity contribution in [2.24, 2.45) is 7.05 Å². The Hall–Kier alpha value is -1.89. The zero-order valence-electron chi connectivity index (χ0n) is 12.5. The number of amides is 1. The molecule has 7 heteroatoms. The van der Waals surface area contributed by atoms with Gasteiger partial charge in [-0.05, 0) is 24.9 Å². The Morgan fingerprint density at radius 2 is 2.24 bits per heavy atom. The number of nitrogens with zero attached hydrogens (tertiary/aromatic N) is 3. The number of carbonyl (C=O) groups is 2. The standard InChI is InChI=1S/C14H22N4O3/c1-3-18(9-14(20)21)12-5-11(6-12)16-13(19)4-10-7-15-17(2)8-10/h7-8,11-12H,3-6,9H2,1-2H3,(H,16,19)(H,20,21). The third-order valence-corrected chi connectivity index (χ3v) is 3.86. The summed E-state index contributed by atoms with van der Waals surface area (Å²) in [5.41, 5.74) is 0.895. The summed E-state index contributed by atoms with van der Waals surface area (Å²) in [6.45, 7) is 2.74. The van der Waals surface area contributed by atoms with Crippen LogP contribution in [0.4, 0.5) is 0 Å². The summed E-state index contributed by atoms with van der Waals surface area (Å²) in [5.74, 6) is -0.811. The number of hydrogen-bond donors (Lipinski definition) is 2. The van der Waals surface area contributed by atoms with Crippen LogP contribution in [0.15, 0.2) is 12.4 Å². The fraction of sp³-hybridized carbons (Fsp3) is 0.643. The van der Waals surface area contributed by atoms with Crippen LogP contribution < -0.4 is 5.32 Å². The third-order valence-electron chi connectivity index (χ3n) is 3.86. The van der Waals surface area contributed by atoms with E-state index in [0.717, 1.165) is 18.4 Å².